The minimum Gasteiger partial charge on any atom is -0.0654 e. The zero-order valence-corrected chi connectivity index (χ0v) is 12.8. The van der Waals surface area contributed by atoms with Crippen molar-refractivity contribution in [3.8, 4) is 0 Å². The van der Waals surface area contributed by atoms with Crippen molar-refractivity contribution in [2.75, 3.05) is 0 Å². The summed E-state index contributed by atoms with van der Waals surface area (Å²) in [4.78, 5) is 0. The second-order valence-corrected chi connectivity index (χ2v) is 7.04. The third-order valence-corrected chi connectivity index (χ3v) is 3.30. The molecule has 0 amide bonds. The van der Waals surface area contributed by atoms with Crippen LogP contribution in [0.5, 0.6) is 0 Å². The maximum absolute atomic E-state index is 2.38. The van der Waals surface area contributed by atoms with E-state index in [2.05, 4.69) is 48.5 Å². The van der Waals surface area contributed by atoms with Crippen LogP contribution in [-0.2, 0) is 0 Å². The van der Waals surface area contributed by atoms with Crippen LogP contribution in [0.15, 0.2) is 0 Å². The maximum atomic E-state index is 2.38. The summed E-state index contributed by atoms with van der Waals surface area (Å²) >= 11 is 0. The molecule has 0 radical (unpaired) electrons. The first-order valence-electron chi connectivity index (χ1n) is 7.31. The molecule has 0 fully saturated rings. The first-order valence-corrected chi connectivity index (χ1v) is 7.31. The predicted octanol–water partition coefficient (Wildman–Crippen LogP) is 5.91. The van der Waals surface area contributed by atoms with Crippen molar-refractivity contribution in [1.29, 1.82) is 0 Å². The zero-order chi connectivity index (χ0) is 12.8. The second-order valence-electron chi connectivity index (χ2n) is 7.04. The van der Waals surface area contributed by atoms with Crippen molar-refractivity contribution < 1.29 is 0 Å². The van der Waals surface area contributed by atoms with Crippen LogP contribution in [0.3, 0.4) is 0 Å². The Kier molecular flexibility index (Phi) is 7.35. The van der Waals surface area contributed by atoms with Gasteiger partial charge < -0.3 is 0 Å². The van der Waals surface area contributed by atoms with Gasteiger partial charge in [-0.05, 0) is 48.9 Å². The fourth-order valence-electron chi connectivity index (χ4n) is 3.68. The molecule has 0 aromatic carbocycles. The van der Waals surface area contributed by atoms with Crippen LogP contribution in [0.1, 0.15) is 80.6 Å². The van der Waals surface area contributed by atoms with Crippen LogP contribution in [0, 0.1) is 23.2 Å². The van der Waals surface area contributed by atoms with Crippen molar-refractivity contribution in [1.82, 2.24) is 0 Å². The van der Waals surface area contributed by atoms with E-state index in [1.165, 1.54) is 32.1 Å². The predicted molar refractivity (Wildman–Crippen MR) is 75.7 cm³/mol. The average Bonchev–Trinajstić information content (AvgIpc) is 1.98. The molecule has 0 bridgehead atoms. The van der Waals surface area contributed by atoms with Gasteiger partial charge in [0.25, 0.3) is 0 Å². The SMILES string of the molecule is CCCC(CC(C)C)(CC(C)C)CC(C)C. The average molecular weight is 226 g/mol. The fraction of sp³-hybridized carbons (Fsp3) is 1.00. The Morgan fingerprint density at radius 1 is 0.688 bits per heavy atom. The lowest BCUT2D eigenvalue weighted by Crippen LogP contribution is -2.27. The van der Waals surface area contributed by atoms with Crippen molar-refractivity contribution in [2.24, 2.45) is 23.2 Å². The van der Waals surface area contributed by atoms with Gasteiger partial charge >= 0.3 is 0 Å². The van der Waals surface area contributed by atoms with E-state index in [1.807, 2.05) is 0 Å². The highest BCUT2D eigenvalue weighted by Gasteiger charge is 2.31. The molecule has 0 heteroatoms. The molecule has 0 nitrogen and oxygen atoms in total. The van der Waals surface area contributed by atoms with Gasteiger partial charge in [-0.15, -0.1) is 0 Å². The molecule has 16 heavy (non-hydrogen) atoms. The van der Waals surface area contributed by atoms with Crippen molar-refractivity contribution in [3.63, 3.8) is 0 Å². The molecule has 0 aromatic heterocycles. The van der Waals surface area contributed by atoms with E-state index in [1.54, 1.807) is 0 Å². The summed E-state index contributed by atoms with van der Waals surface area (Å²) in [6.07, 6.45) is 7.00. The first-order chi connectivity index (χ1) is 7.31. The topological polar surface area (TPSA) is 0 Å². The minimum absolute atomic E-state index is 0.616. The van der Waals surface area contributed by atoms with E-state index < -0.39 is 0 Å². The lowest BCUT2D eigenvalue weighted by Gasteiger charge is -2.38. The molecule has 0 saturated heterocycles. The molecule has 0 rings (SSSR count). The van der Waals surface area contributed by atoms with Crippen molar-refractivity contribution in [3.05, 3.63) is 0 Å². The van der Waals surface area contributed by atoms with E-state index in [0.717, 1.165) is 17.8 Å². The smallest absolute Gasteiger partial charge is 0.0290 e. The molecule has 0 aromatic rings. The molecule has 0 N–H and O–H groups in total. The molecular weight excluding hydrogens is 192 g/mol. The number of rotatable bonds is 8. The van der Waals surface area contributed by atoms with Gasteiger partial charge in [0, 0.05) is 0 Å². The van der Waals surface area contributed by atoms with Gasteiger partial charge in [-0.3, -0.25) is 0 Å². The normalized spacial score (nSPS) is 13.1. The van der Waals surface area contributed by atoms with E-state index >= 15 is 0 Å². The minimum atomic E-state index is 0.616. The van der Waals surface area contributed by atoms with Crippen LogP contribution < -0.4 is 0 Å². The summed E-state index contributed by atoms with van der Waals surface area (Å²) in [7, 11) is 0. The van der Waals surface area contributed by atoms with E-state index in [0.29, 0.717) is 5.41 Å². The van der Waals surface area contributed by atoms with Gasteiger partial charge in [-0.1, -0.05) is 54.9 Å². The van der Waals surface area contributed by atoms with Gasteiger partial charge in [-0.2, -0.15) is 0 Å². The Morgan fingerprint density at radius 2 is 1.00 bits per heavy atom. The molecule has 0 aliphatic carbocycles. The summed E-state index contributed by atoms with van der Waals surface area (Å²) in [6, 6.07) is 0. The van der Waals surface area contributed by atoms with Gasteiger partial charge in [0.2, 0.25) is 0 Å². The molecule has 0 aliphatic heterocycles. The van der Waals surface area contributed by atoms with E-state index in [-0.39, 0.29) is 0 Å². The molecule has 0 saturated carbocycles. The lowest BCUT2D eigenvalue weighted by atomic mass is 9.67. The highest BCUT2D eigenvalue weighted by molar-refractivity contribution is 4.82. The van der Waals surface area contributed by atoms with Crippen LogP contribution >= 0.6 is 0 Å². The zero-order valence-electron chi connectivity index (χ0n) is 12.8. The van der Waals surface area contributed by atoms with Gasteiger partial charge in [0.1, 0.15) is 0 Å². The summed E-state index contributed by atoms with van der Waals surface area (Å²) in [6.45, 7) is 16.6. The second kappa shape index (κ2) is 7.35. The molecule has 0 aliphatic rings. The van der Waals surface area contributed by atoms with Crippen LogP contribution in [0.2, 0.25) is 0 Å². The van der Waals surface area contributed by atoms with Crippen LogP contribution in [-0.4, -0.2) is 0 Å². The molecule has 0 heterocycles. The van der Waals surface area contributed by atoms with Crippen LogP contribution in [0.4, 0.5) is 0 Å². The summed E-state index contributed by atoms with van der Waals surface area (Å²) in [5.74, 6) is 2.51. The molecule has 98 valence electrons. The first kappa shape index (κ1) is 16.0. The summed E-state index contributed by atoms with van der Waals surface area (Å²) < 4.78 is 0. The number of hydrogen-bond acceptors (Lipinski definition) is 0. The molecular formula is C16H34. The molecule has 0 atom stereocenters. The third kappa shape index (κ3) is 6.55. The Bertz CT molecular complexity index is 138. The monoisotopic (exact) mass is 226 g/mol. The lowest BCUT2D eigenvalue weighted by molar-refractivity contribution is 0.128. The Morgan fingerprint density at radius 3 is 1.19 bits per heavy atom. The maximum Gasteiger partial charge on any atom is -0.0290 e. The molecule has 0 spiro atoms. The quantitative estimate of drug-likeness (QED) is 0.482. The van der Waals surface area contributed by atoms with E-state index in [9.17, 15) is 0 Å². The Hall–Kier alpha value is 0. The van der Waals surface area contributed by atoms with Crippen molar-refractivity contribution in [2.45, 2.75) is 80.6 Å². The largest absolute Gasteiger partial charge is 0.0654 e. The fourth-order valence-corrected chi connectivity index (χ4v) is 3.68. The summed E-state index contributed by atoms with van der Waals surface area (Å²) in [5.41, 5.74) is 0.616. The Labute approximate surface area is 104 Å². The summed E-state index contributed by atoms with van der Waals surface area (Å²) in [5, 5.41) is 0. The highest BCUT2D eigenvalue weighted by atomic mass is 14.4. The Balaban J connectivity index is 4.72. The molecule has 0 unspecified atom stereocenters. The van der Waals surface area contributed by atoms with E-state index in [4.69, 9.17) is 0 Å². The number of hydrogen-bond donors (Lipinski definition) is 0. The van der Waals surface area contributed by atoms with Crippen LogP contribution in [0.25, 0.3) is 0 Å². The van der Waals surface area contributed by atoms with Crippen molar-refractivity contribution >= 4 is 0 Å². The highest BCUT2D eigenvalue weighted by Crippen LogP contribution is 2.43. The third-order valence-electron chi connectivity index (χ3n) is 3.30. The van der Waals surface area contributed by atoms with Gasteiger partial charge in [0.05, 0.1) is 0 Å². The van der Waals surface area contributed by atoms with Gasteiger partial charge in [0.15, 0.2) is 0 Å². The standard InChI is InChI=1S/C16H34/c1-8-9-16(10-13(2)3,11-14(4)5)12-15(6)7/h13-15H,8-12H2,1-7H3. The van der Waals surface area contributed by atoms with Gasteiger partial charge in [-0.25, -0.2) is 0 Å².